The molecule has 1 atom stereocenters. The standard InChI is InChI=1S/C36H38F6N4O3S/c1-4-46(5-2)26-17-19-45(20-18-26)22-28-30(34(47)44-33(36(40,41)42)23-11-7-6-8-12-23)27-15-10-16-29(50(3,48)49)32(27)43-31(28)24-13-9-14-25(21-24)35(37,38)39/h6-16,21,26,33H,4-5,17-20,22H2,1-3H3,(H,44,47)/t33-/m1/s1. The minimum absolute atomic E-state index is 0.0344. The second-order valence-electron chi connectivity index (χ2n) is 12.4. The fourth-order valence-corrected chi connectivity index (χ4v) is 7.54. The van der Waals surface area contributed by atoms with Crippen LogP contribution in [-0.4, -0.2) is 73.8 Å². The van der Waals surface area contributed by atoms with Gasteiger partial charge in [-0.3, -0.25) is 9.69 Å². The van der Waals surface area contributed by atoms with Crippen LogP contribution in [0.1, 0.15) is 59.8 Å². The van der Waals surface area contributed by atoms with Gasteiger partial charge in [-0.2, -0.15) is 26.3 Å². The summed E-state index contributed by atoms with van der Waals surface area (Å²) < 4.78 is 111. The molecule has 1 aromatic heterocycles. The van der Waals surface area contributed by atoms with Crippen LogP contribution in [0.2, 0.25) is 0 Å². The largest absolute Gasteiger partial charge is 0.416 e. The minimum Gasteiger partial charge on any atom is -0.337 e. The van der Waals surface area contributed by atoms with Crippen molar-refractivity contribution < 1.29 is 39.6 Å². The summed E-state index contributed by atoms with van der Waals surface area (Å²) in [6.07, 6.45) is -7.24. The molecule has 3 aromatic carbocycles. The van der Waals surface area contributed by atoms with Gasteiger partial charge in [-0.1, -0.05) is 68.4 Å². The summed E-state index contributed by atoms with van der Waals surface area (Å²) in [4.78, 5) is 23.0. The van der Waals surface area contributed by atoms with Gasteiger partial charge in [0.15, 0.2) is 15.9 Å². The second-order valence-corrected chi connectivity index (χ2v) is 14.4. The van der Waals surface area contributed by atoms with E-state index in [1.165, 1.54) is 60.7 Å². The molecule has 1 fully saturated rings. The monoisotopic (exact) mass is 720 g/mol. The average molecular weight is 721 g/mol. The normalized spacial score (nSPS) is 15.8. The number of halogens is 6. The Morgan fingerprint density at radius 2 is 1.58 bits per heavy atom. The smallest absolute Gasteiger partial charge is 0.337 e. The molecule has 0 unspecified atom stereocenters. The number of nitrogens with zero attached hydrogens (tertiary/aromatic N) is 3. The quantitative estimate of drug-likeness (QED) is 0.170. The van der Waals surface area contributed by atoms with Crippen molar-refractivity contribution in [3.63, 3.8) is 0 Å². The fourth-order valence-electron chi connectivity index (χ4n) is 6.70. The molecule has 14 heteroatoms. The van der Waals surface area contributed by atoms with Crippen LogP contribution in [-0.2, 0) is 22.6 Å². The lowest BCUT2D eigenvalue weighted by Gasteiger charge is -2.38. The van der Waals surface area contributed by atoms with Crippen LogP contribution in [0.3, 0.4) is 0 Å². The molecule has 1 aliphatic rings. The number of likely N-dealkylation sites (tertiary alicyclic amines) is 1. The zero-order chi connectivity index (χ0) is 36.4. The van der Waals surface area contributed by atoms with E-state index in [1.54, 1.807) is 0 Å². The Balaban J connectivity index is 1.76. The van der Waals surface area contributed by atoms with Gasteiger partial charge >= 0.3 is 12.4 Å². The van der Waals surface area contributed by atoms with E-state index < -0.39 is 39.7 Å². The number of piperidine rings is 1. The Kier molecular flexibility index (Phi) is 10.9. The fraction of sp³-hybridized carbons (Fsp3) is 0.389. The molecule has 1 N–H and O–H groups in total. The molecule has 0 spiro atoms. The van der Waals surface area contributed by atoms with Gasteiger partial charge < -0.3 is 10.2 Å². The molecule has 1 amide bonds. The van der Waals surface area contributed by atoms with Crippen LogP contribution in [0.25, 0.3) is 22.2 Å². The average Bonchev–Trinajstić information content (AvgIpc) is 3.07. The van der Waals surface area contributed by atoms with E-state index in [9.17, 15) is 39.6 Å². The van der Waals surface area contributed by atoms with E-state index in [4.69, 9.17) is 0 Å². The van der Waals surface area contributed by atoms with Gasteiger partial charge in [-0.25, -0.2) is 13.4 Å². The number of carbonyl (C=O) groups excluding carboxylic acids is 1. The number of pyridine rings is 1. The number of alkyl halides is 6. The lowest BCUT2D eigenvalue weighted by Crippen LogP contribution is -2.44. The van der Waals surface area contributed by atoms with Crippen LogP contribution in [0.4, 0.5) is 26.3 Å². The molecule has 0 bridgehead atoms. The molecule has 0 radical (unpaired) electrons. The molecule has 1 aliphatic heterocycles. The van der Waals surface area contributed by atoms with E-state index in [0.29, 0.717) is 13.1 Å². The van der Waals surface area contributed by atoms with Crippen molar-refractivity contribution in [1.82, 2.24) is 20.1 Å². The Bertz CT molecular complexity index is 1940. The number of amides is 1. The third-order valence-corrected chi connectivity index (χ3v) is 10.3. The van der Waals surface area contributed by atoms with Crippen LogP contribution in [0, 0.1) is 0 Å². The number of benzene rings is 3. The Morgan fingerprint density at radius 1 is 0.940 bits per heavy atom. The summed E-state index contributed by atoms with van der Waals surface area (Å²) in [6, 6.07) is 12.9. The van der Waals surface area contributed by atoms with Gasteiger partial charge in [-0.05, 0) is 62.8 Å². The number of fused-ring (bicyclic) bond motifs is 1. The number of nitrogens with one attached hydrogen (secondary N) is 1. The number of sulfone groups is 1. The molecule has 7 nitrogen and oxygen atoms in total. The highest BCUT2D eigenvalue weighted by Gasteiger charge is 2.43. The molecule has 4 aromatic rings. The number of hydrogen-bond donors (Lipinski definition) is 1. The molecule has 5 rings (SSSR count). The number of para-hydroxylation sites is 1. The highest BCUT2D eigenvalue weighted by molar-refractivity contribution is 7.91. The Labute approximate surface area is 287 Å². The molecule has 2 heterocycles. The molecule has 0 aliphatic carbocycles. The van der Waals surface area contributed by atoms with Crippen molar-refractivity contribution >= 4 is 26.6 Å². The zero-order valence-corrected chi connectivity index (χ0v) is 28.6. The van der Waals surface area contributed by atoms with Crippen molar-refractivity contribution in [3.05, 3.63) is 95.1 Å². The van der Waals surface area contributed by atoms with Gasteiger partial charge in [0.05, 0.1) is 27.2 Å². The third-order valence-electron chi connectivity index (χ3n) is 9.17. The maximum atomic E-state index is 14.5. The van der Waals surface area contributed by atoms with Gasteiger partial charge in [-0.15, -0.1) is 0 Å². The molecule has 50 heavy (non-hydrogen) atoms. The van der Waals surface area contributed by atoms with E-state index in [2.05, 4.69) is 29.0 Å². The summed E-state index contributed by atoms with van der Waals surface area (Å²) in [7, 11) is -4.02. The van der Waals surface area contributed by atoms with Crippen LogP contribution < -0.4 is 5.32 Å². The minimum atomic E-state index is -4.92. The van der Waals surface area contributed by atoms with E-state index in [1.807, 2.05) is 4.90 Å². The van der Waals surface area contributed by atoms with Crippen molar-refractivity contribution in [2.45, 2.75) is 62.6 Å². The number of hydrogen-bond acceptors (Lipinski definition) is 6. The molecule has 0 saturated carbocycles. The Morgan fingerprint density at radius 3 is 2.16 bits per heavy atom. The van der Waals surface area contributed by atoms with Crippen molar-refractivity contribution in [2.24, 2.45) is 0 Å². The van der Waals surface area contributed by atoms with Crippen molar-refractivity contribution in [1.29, 1.82) is 0 Å². The predicted octanol–water partition coefficient (Wildman–Crippen LogP) is 7.66. The molecular weight excluding hydrogens is 682 g/mol. The Hall–Kier alpha value is -4.01. The first-order chi connectivity index (χ1) is 23.5. The van der Waals surface area contributed by atoms with Crippen LogP contribution in [0.15, 0.2) is 77.7 Å². The lowest BCUT2D eigenvalue weighted by atomic mass is 9.93. The summed E-state index contributed by atoms with van der Waals surface area (Å²) in [5.74, 6) is -1.17. The summed E-state index contributed by atoms with van der Waals surface area (Å²) >= 11 is 0. The van der Waals surface area contributed by atoms with Crippen molar-refractivity contribution in [2.75, 3.05) is 32.4 Å². The van der Waals surface area contributed by atoms with E-state index in [-0.39, 0.29) is 56.3 Å². The topological polar surface area (TPSA) is 82.6 Å². The molecular formula is C36H38F6N4O3S. The van der Waals surface area contributed by atoms with Gasteiger partial charge in [0, 0.05) is 35.4 Å². The predicted molar refractivity (Wildman–Crippen MR) is 179 cm³/mol. The zero-order valence-electron chi connectivity index (χ0n) is 27.8. The maximum Gasteiger partial charge on any atom is 0.416 e. The number of aromatic nitrogens is 1. The first-order valence-electron chi connectivity index (χ1n) is 16.2. The lowest BCUT2D eigenvalue weighted by molar-refractivity contribution is -0.155. The summed E-state index contributed by atoms with van der Waals surface area (Å²) in [5, 5.41) is 2.08. The number of rotatable bonds is 10. The van der Waals surface area contributed by atoms with Gasteiger partial charge in [0.25, 0.3) is 5.91 Å². The second kappa shape index (κ2) is 14.7. The molecule has 268 valence electrons. The first kappa shape index (κ1) is 37.3. The first-order valence-corrected chi connectivity index (χ1v) is 18.1. The highest BCUT2D eigenvalue weighted by atomic mass is 32.2. The SMILES string of the molecule is CCN(CC)C1CCN(Cc2c(-c3cccc(C(F)(F)F)c3)nc3c(S(C)(=O)=O)cccc3c2C(=O)N[C@H](c2ccccc2)C(F)(F)F)CC1. The van der Waals surface area contributed by atoms with Crippen molar-refractivity contribution in [3.8, 4) is 11.3 Å². The highest BCUT2D eigenvalue weighted by Crippen LogP contribution is 2.39. The van der Waals surface area contributed by atoms with E-state index in [0.717, 1.165) is 44.3 Å². The third kappa shape index (κ3) is 8.13. The van der Waals surface area contributed by atoms with Gasteiger partial charge in [0.1, 0.15) is 0 Å². The summed E-state index contributed by atoms with van der Waals surface area (Å²) in [5.41, 5.74) is -1.87. The summed E-state index contributed by atoms with van der Waals surface area (Å²) in [6.45, 7) is 6.89. The molecule has 1 saturated heterocycles. The van der Waals surface area contributed by atoms with Gasteiger partial charge in [0.2, 0.25) is 0 Å². The number of carbonyl (C=O) groups is 1. The van der Waals surface area contributed by atoms with E-state index >= 15 is 0 Å². The van der Waals surface area contributed by atoms with Crippen LogP contribution >= 0.6 is 0 Å². The van der Waals surface area contributed by atoms with Crippen LogP contribution in [0.5, 0.6) is 0 Å². The maximum absolute atomic E-state index is 14.5.